The Hall–Kier alpha value is -0.780. The fourth-order valence-corrected chi connectivity index (χ4v) is 1.47. The van der Waals surface area contributed by atoms with E-state index in [1.54, 1.807) is 6.07 Å². The molecule has 78 valence electrons. The van der Waals surface area contributed by atoms with Gasteiger partial charge in [0.1, 0.15) is 16.0 Å². The predicted octanol–water partition coefficient (Wildman–Crippen LogP) is 1.16. The van der Waals surface area contributed by atoms with Crippen LogP contribution in [0, 0.1) is 0 Å². The van der Waals surface area contributed by atoms with Crippen LogP contribution in [0.15, 0.2) is 16.6 Å². The first-order chi connectivity index (χ1) is 6.60. The number of hydrogen-bond acceptors (Lipinski definition) is 4. The second-order valence-corrected chi connectivity index (χ2v) is 3.60. The maximum absolute atomic E-state index is 9.48. The van der Waals surface area contributed by atoms with E-state index in [1.165, 1.54) is 13.2 Å². The molecule has 0 aliphatic carbocycles. The van der Waals surface area contributed by atoms with Crippen LogP contribution in [0.5, 0.6) is 11.5 Å². The number of hydrogen-bond donors (Lipinski definition) is 3. The van der Waals surface area contributed by atoms with Gasteiger partial charge in [0.2, 0.25) is 0 Å². The first-order valence-electron chi connectivity index (χ1n) is 4.04. The minimum Gasteiger partial charge on any atom is -0.507 e. The van der Waals surface area contributed by atoms with Gasteiger partial charge >= 0.3 is 0 Å². The van der Waals surface area contributed by atoms with Crippen LogP contribution in [0.1, 0.15) is 11.7 Å². The van der Waals surface area contributed by atoms with Crippen molar-refractivity contribution in [3.63, 3.8) is 0 Å². The largest absolute Gasteiger partial charge is 0.507 e. The van der Waals surface area contributed by atoms with Crippen LogP contribution in [-0.2, 0) is 0 Å². The van der Waals surface area contributed by atoms with Crippen LogP contribution in [0.2, 0.25) is 0 Å². The molecule has 0 saturated heterocycles. The minimum absolute atomic E-state index is 0.0202. The van der Waals surface area contributed by atoms with Gasteiger partial charge in [-0.05, 0) is 33.6 Å². The number of halogens is 1. The molecule has 1 aromatic rings. The van der Waals surface area contributed by atoms with Gasteiger partial charge in [-0.1, -0.05) is 0 Å². The molecule has 0 aliphatic rings. The molecule has 0 spiro atoms. The molecule has 0 aromatic heterocycles. The lowest BCUT2D eigenvalue weighted by atomic mass is 10.1. The Labute approximate surface area is 90.4 Å². The van der Waals surface area contributed by atoms with E-state index in [1.807, 2.05) is 0 Å². The summed E-state index contributed by atoms with van der Waals surface area (Å²) in [5, 5.41) is 18.9. The lowest BCUT2D eigenvalue weighted by molar-refractivity contribution is 0.186. The van der Waals surface area contributed by atoms with Crippen LogP contribution in [0.3, 0.4) is 0 Å². The molecule has 1 atom stereocenters. The topological polar surface area (TPSA) is 75.7 Å². The van der Waals surface area contributed by atoms with Gasteiger partial charge in [0.15, 0.2) is 0 Å². The van der Waals surface area contributed by atoms with Gasteiger partial charge in [0, 0.05) is 6.54 Å². The number of aliphatic hydroxyl groups is 1. The van der Waals surface area contributed by atoms with E-state index in [0.717, 1.165) is 0 Å². The van der Waals surface area contributed by atoms with Crippen molar-refractivity contribution < 1.29 is 14.9 Å². The van der Waals surface area contributed by atoms with Gasteiger partial charge in [-0.2, -0.15) is 0 Å². The fraction of sp³-hybridized carbons (Fsp3) is 0.333. The molecule has 0 heterocycles. The highest BCUT2D eigenvalue weighted by atomic mass is 79.9. The summed E-state index contributed by atoms with van der Waals surface area (Å²) in [6.45, 7) is 0.101. The molecule has 1 unspecified atom stereocenters. The first-order valence-corrected chi connectivity index (χ1v) is 4.84. The van der Waals surface area contributed by atoms with Crippen molar-refractivity contribution in [2.24, 2.45) is 5.73 Å². The molecule has 0 saturated carbocycles. The Morgan fingerprint density at radius 1 is 1.57 bits per heavy atom. The highest BCUT2D eigenvalue weighted by molar-refractivity contribution is 9.10. The molecular weight excluding hydrogens is 250 g/mol. The summed E-state index contributed by atoms with van der Waals surface area (Å²) >= 11 is 3.16. The second-order valence-electron chi connectivity index (χ2n) is 2.81. The first kappa shape index (κ1) is 11.3. The Morgan fingerprint density at radius 3 is 2.71 bits per heavy atom. The highest BCUT2D eigenvalue weighted by Crippen LogP contribution is 2.36. The number of benzene rings is 1. The minimum atomic E-state index is -0.789. The summed E-state index contributed by atoms with van der Waals surface area (Å²) in [5.41, 5.74) is 5.83. The molecule has 1 rings (SSSR count). The molecule has 5 heteroatoms. The van der Waals surface area contributed by atoms with E-state index in [2.05, 4.69) is 15.9 Å². The summed E-state index contributed by atoms with van der Waals surface area (Å²) in [4.78, 5) is 0. The predicted molar refractivity (Wildman–Crippen MR) is 56.4 cm³/mol. The standard InChI is InChI=1S/C9H12BrNO3/c1-14-8-3-5(7(13)4-11)2-6(12)9(8)10/h2-3,7,12-13H,4,11H2,1H3. The van der Waals surface area contributed by atoms with Crippen molar-refractivity contribution in [2.75, 3.05) is 13.7 Å². The van der Waals surface area contributed by atoms with Gasteiger partial charge in [-0.3, -0.25) is 0 Å². The SMILES string of the molecule is COc1cc(C(O)CN)cc(O)c1Br. The van der Waals surface area contributed by atoms with E-state index in [0.29, 0.717) is 15.8 Å². The number of aliphatic hydroxyl groups excluding tert-OH is 1. The normalized spacial score (nSPS) is 12.6. The third-order valence-electron chi connectivity index (χ3n) is 1.87. The maximum atomic E-state index is 9.48. The Kier molecular flexibility index (Phi) is 3.74. The lowest BCUT2D eigenvalue weighted by Gasteiger charge is -2.12. The number of phenolic OH excluding ortho intramolecular Hbond substituents is 1. The van der Waals surface area contributed by atoms with Crippen LogP contribution in [-0.4, -0.2) is 23.9 Å². The molecule has 0 fully saturated rings. The van der Waals surface area contributed by atoms with Gasteiger partial charge in [-0.25, -0.2) is 0 Å². The van der Waals surface area contributed by atoms with Crippen molar-refractivity contribution in [3.8, 4) is 11.5 Å². The van der Waals surface area contributed by atoms with Crippen LogP contribution < -0.4 is 10.5 Å². The van der Waals surface area contributed by atoms with Crippen molar-refractivity contribution in [3.05, 3.63) is 22.2 Å². The number of rotatable bonds is 3. The molecule has 0 aliphatic heterocycles. The summed E-state index contributed by atoms with van der Waals surface area (Å²) in [6, 6.07) is 3.07. The maximum Gasteiger partial charge on any atom is 0.137 e. The smallest absolute Gasteiger partial charge is 0.137 e. The van der Waals surface area contributed by atoms with Crippen LogP contribution in [0.4, 0.5) is 0 Å². The molecule has 0 radical (unpaired) electrons. The number of ether oxygens (including phenoxy) is 1. The monoisotopic (exact) mass is 261 g/mol. The number of phenols is 1. The summed E-state index contributed by atoms with van der Waals surface area (Å²) in [5.74, 6) is 0.486. The van der Waals surface area contributed by atoms with E-state index in [-0.39, 0.29) is 12.3 Å². The van der Waals surface area contributed by atoms with E-state index < -0.39 is 6.10 Å². The summed E-state index contributed by atoms with van der Waals surface area (Å²) < 4.78 is 5.47. The van der Waals surface area contributed by atoms with E-state index >= 15 is 0 Å². The van der Waals surface area contributed by atoms with Gasteiger partial charge in [0.25, 0.3) is 0 Å². The second kappa shape index (κ2) is 4.63. The number of methoxy groups -OCH3 is 1. The summed E-state index contributed by atoms with van der Waals surface area (Å²) in [7, 11) is 1.48. The zero-order chi connectivity index (χ0) is 10.7. The molecule has 0 amide bonds. The zero-order valence-corrected chi connectivity index (χ0v) is 9.28. The molecule has 0 bridgehead atoms. The molecule has 14 heavy (non-hydrogen) atoms. The van der Waals surface area contributed by atoms with E-state index in [9.17, 15) is 10.2 Å². The Balaban J connectivity index is 3.16. The quantitative estimate of drug-likeness (QED) is 0.763. The van der Waals surface area contributed by atoms with Crippen LogP contribution in [0.25, 0.3) is 0 Å². The van der Waals surface area contributed by atoms with Gasteiger partial charge in [-0.15, -0.1) is 0 Å². The van der Waals surface area contributed by atoms with Crippen molar-refractivity contribution in [1.29, 1.82) is 0 Å². The molecular formula is C9H12BrNO3. The number of aromatic hydroxyl groups is 1. The third-order valence-corrected chi connectivity index (χ3v) is 2.67. The fourth-order valence-electron chi connectivity index (χ4n) is 1.08. The van der Waals surface area contributed by atoms with E-state index in [4.69, 9.17) is 10.5 Å². The number of nitrogens with two attached hydrogens (primary N) is 1. The van der Waals surface area contributed by atoms with Crippen LogP contribution >= 0.6 is 15.9 Å². The molecule has 4 nitrogen and oxygen atoms in total. The lowest BCUT2D eigenvalue weighted by Crippen LogP contribution is -2.11. The Morgan fingerprint density at radius 2 is 2.21 bits per heavy atom. The Bertz CT molecular complexity index is 330. The van der Waals surface area contributed by atoms with Crippen molar-refractivity contribution in [2.45, 2.75) is 6.10 Å². The van der Waals surface area contributed by atoms with Gasteiger partial charge in [0.05, 0.1) is 13.2 Å². The average Bonchev–Trinajstić information content (AvgIpc) is 2.20. The van der Waals surface area contributed by atoms with Crippen molar-refractivity contribution >= 4 is 15.9 Å². The van der Waals surface area contributed by atoms with Crippen molar-refractivity contribution in [1.82, 2.24) is 0 Å². The summed E-state index contributed by atoms with van der Waals surface area (Å²) in [6.07, 6.45) is -0.789. The average molecular weight is 262 g/mol. The molecule has 1 aromatic carbocycles. The molecule has 4 N–H and O–H groups in total. The highest BCUT2D eigenvalue weighted by Gasteiger charge is 2.12. The zero-order valence-electron chi connectivity index (χ0n) is 7.70. The third kappa shape index (κ3) is 2.17. The van der Waals surface area contributed by atoms with Gasteiger partial charge < -0.3 is 20.7 Å².